The van der Waals surface area contributed by atoms with Gasteiger partial charge in [0, 0.05) is 24.3 Å². The van der Waals surface area contributed by atoms with Crippen molar-refractivity contribution in [3.05, 3.63) is 36.5 Å². The van der Waals surface area contributed by atoms with Crippen LogP contribution in [0.25, 0.3) is 11.0 Å². The van der Waals surface area contributed by atoms with Gasteiger partial charge in [-0.1, -0.05) is 40.7 Å². The third-order valence-corrected chi connectivity index (χ3v) is 11.4. The number of fused-ring (bicyclic) bond motifs is 1. The fourth-order valence-electron chi connectivity index (χ4n) is 6.41. The molecule has 1 aromatic carbocycles. The molecule has 4 amide bonds. The molecule has 5 atom stereocenters. The molecule has 2 saturated carbocycles. The van der Waals surface area contributed by atoms with Crippen LogP contribution in [0, 0.1) is 11.3 Å². The third-order valence-electron chi connectivity index (χ3n) is 9.56. The van der Waals surface area contributed by atoms with Crippen molar-refractivity contribution >= 4 is 44.9 Å². The minimum absolute atomic E-state index is 0.00688. The summed E-state index contributed by atoms with van der Waals surface area (Å²) in [7, 11) is -2.36. The minimum Gasteiger partial charge on any atom is -0.497 e. The zero-order valence-corrected chi connectivity index (χ0v) is 32.8. The van der Waals surface area contributed by atoms with Gasteiger partial charge < -0.3 is 29.7 Å². The molecule has 2 heterocycles. The van der Waals surface area contributed by atoms with Crippen LogP contribution in [-0.4, -0.2) is 95.3 Å². The molecular weight excluding hydrogens is 705 g/mol. The number of benzene rings is 1. The van der Waals surface area contributed by atoms with Gasteiger partial charge >= 0.3 is 6.09 Å². The molecule has 53 heavy (non-hydrogen) atoms. The minimum atomic E-state index is -3.91. The van der Waals surface area contributed by atoms with Crippen molar-refractivity contribution in [2.75, 3.05) is 13.7 Å². The number of likely N-dealkylation sites (tertiary alicyclic amines) is 1. The Kier molecular flexibility index (Phi) is 10.8. The lowest BCUT2D eigenvalue weighted by Gasteiger charge is -2.36. The number of ether oxygens (including phenoxy) is 3. The second-order valence-electron chi connectivity index (χ2n) is 16.5. The highest BCUT2D eigenvalue weighted by atomic mass is 32.2. The van der Waals surface area contributed by atoms with Crippen LogP contribution in [0.4, 0.5) is 4.79 Å². The molecule has 5 rings (SSSR count). The number of amides is 4. The van der Waals surface area contributed by atoms with Gasteiger partial charge in [-0.15, -0.1) is 6.58 Å². The van der Waals surface area contributed by atoms with E-state index in [9.17, 15) is 27.6 Å². The van der Waals surface area contributed by atoms with Crippen LogP contribution in [0.2, 0.25) is 0 Å². The molecule has 3 N–H and O–H groups in total. The molecule has 3 aliphatic rings. The molecule has 1 aliphatic heterocycles. The molecule has 2 aromatic rings. The summed E-state index contributed by atoms with van der Waals surface area (Å²) in [6.45, 7) is 18.0. The number of carbonyl (C=O) groups excluding carboxylic acids is 4. The number of sulfonamides is 1. The zero-order valence-electron chi connectivity index (χ0n) is 31.9. The number of nitrogens with one attached hydrogen (secondary N) is 3. The van der Waals surface area contributed by atoms with E-state index in [0.29, 0.717) is 35.3 Å². The number of carbonyl (C=O) groups is 4. The van der Waals surface area contributed by atoms with Crippen molar-refractivity contribution in [3.63, 3.8) is 0 Å². The Morgan fingerprint density at radius 1 is 1.06 bits per heavy atom. The van der Waals surface area contributed by atoms with Gasteiger partial charge in [0.1, 0.15) is 40.8 Å². The number of aromatic nitrogens is 2. The number of methoxy groups -OCH3 is 1. The van der Waals surface area contributed by atoms with Gasteiger partial charge in [0.15, 0.2) is 0 Å². The van der Waals surface area contributed by atoms with Crippen LogP contribution in [-0.2, 0) is 29.1 Å². The highest BCUT2D eigenvalue weighted by Crippen LogP contribution is 2.45. The molecule has 0 radical (unpaired) electrons. The molecular formula is C37H52N6O9S. The van der Waals surface area contributed by atoms with E-state index in [1.54, 1.807) is 66.9 Å². The van der Waals surface area contributed by atoms with Crippen LogP contribution in [0.5, 0.6) is 11.6 Å². The normalized spacial score (nSPS) is 23.6. The van der Waals surface area contributed by atoms with Crippen molar-refractivity contribution in [1.82, 2.24) is 30.2 Å². The van der Waals surface area contributed by atoms with Crippen LogP contribution < -0.4 is 24.8 Å². The molecule has 3 fully saturated rings. The number of hydrogen-bond donors (Lipinski definition) is 3. The Balaban J connectivity index is 1.48. The molecule has 0 spiro atoms. The van der Waals surface area contributed by atoms with E-state index in [-0.39, 0.29) is 31.2 Å². The van der Waals surface area contributed by atoms with E-state index in [2.05, 4.69) is 21.9 Å². The van der Waals surface area contributed by atoms with Gasteiger partial charge in [0.2, 0.25) is 27.7 Å². The Bertz CT molecular complexity index is 1900. The maximum atomic E-state index is 14.5. The third kappa shape index (κ3) is 8.85. The fourth-order valence-corrected chi connectivity index (χ4v) is 7.78. The van der Waals surface area contributed by atoms with E-state index in [1.165, 1.54) is 11.0 Å². The van der Waals surface area contributed by atoms with Crippen molar-refractivity contribution in [3.8, 4) is 11.6 Å². The molecule has 0 bridgehead atoms. The lowest BCUT2D eigenvalue weighted by atomic mass is 9.85. The summed E-state index contributed by atoms with van der Waals surface area (Å²) < 4.78 is 44.9. The molecule has 2 aliphatic carbocycles. The summed E-state index contributed by atoms with van der Waals surface area (Å²) in [6.07, 6.45) is 0.956. The fraction of sp³-hybridized carbons (Fsp3) is 0.622. The number of hydrogen-bond acceptors (Lipinski definition) is 11. The first-order valence-corrected chi connectivity index (χ1v) is 19.5. The Labute approximate surface area is 311 Å². The van der Waals surface area contributed by atoms with Gasteiger partial charge in [-0.2, -0.15) is 0 Å². The predicted octanol–water partition coefficient (Wildman–Crippen LogP) is 3.72. The topological polar surface area (TPSA) is 195 Å². The van der Waals surface area contributed by atoms with Crippen molar-refractivity contribution in [2.45, 2.75) is 122 Å². The van der Waals surface area contributed by atoms with E-state index in [4.69, 9.17) is 24.2 Å². The molecule has 1 saturated heterocycles. The summed E-state index contributed by atoms with van der Waals surface area (Å²) in [5.74, 6) is -1.93. The molecule has 290 valence electrons. The highest BCUT2D eigenvalue weighted by Gasteiger charge is 2.62. The van der Waals surface area contributed by atoms with Gasteiger partial charge in [0.25, 0.3) is 5.91 Å². The SMILES string of the molecule is C=C[C@@H]1C[C@]1(NC(=O)[C@@H]1C[C@@H](Oc2nc3cc(OC)ccc3nc2C(C)C)CN1C(=O)[C@@H](NC(=O)OC(C)(C)C)C(C)(C)C)C(=O)NS(=O)(=O)C1CC1. The summed E-state index contributed by atoms with van der Waals surface area (Å²) in [5, 5.41) is 4.84. The summed E-state index contributed by atoms with van der Waals surface area (Å²) in [6, 6.07) is 3.01. The van der Waals surface area contributed by atoms with Gasteiger partial charge in [0.05, 0.1) is 29.9 Å². The first-order valence-electron chi connectivity index (χ1n) is 17.9. The first kappa shape index (κ1) is 39.7. The van der Waals surface area contributed by atoms with Crippen LogP contribution in [0.1, 0.15) is 92.7 Å². The van der Waals surface area contributed by atoms with Crippen molar-refractivity contribution in [2.24, 2.45) is 11.3 Å². The zero-order chi connectivity index (χ0) is 39.3. The van der Waals surface area contributed by atoms with E-state index >= 15 is 0 Å². The lowest BCUT2D eigenvalue weighted by Crippen LogP contribution is -2.60. The Hall–Kier alpha value is -4.47. The van der Waals surface area contributed by atoms with Crippen LogP contribution in [0.3, 0.4) is 0 Å². The van der Waals surface area contributed by atoms with Crippen LogP contribution in [0.15, 0.2) is 30.9 Å². The smallest absolute Gasteiger partial charge is 0.408 e. The Morgan fingerprint density at radius 3 is 2.28 bits per heavy atom. The summed E-state index contributed by atoms with van der Waals surface area (Å²) in [4.78, 5) is 66.2. The Morgan fingerprint density at radius 2 is 1.74 bits per heavy atom. The molecule has 15 nitrogen and oxygen atoms in total. The quantitative estimate of drug-likeness (QED) is 0.267. The summed E-state index contributed by atoms with van der Waals surface area (Å²) in [5.41, 5.74) is -1.50. The van der Waals surface area contributed by atoms with E-state index in [0.717, 1.165) is 0 Å². The average Bonchev–Trinajstić information content (AvgIpc) is 3.98. The van der Waals surface area contributed by atoms with Gasteiger partial charge in [-0.3, -0.25) is 19.1 Å². The number of nitrogens with zero attached hydrogens (tertiary/aromatic N) is 3. The average molecular weight is 757 g/mol. The summed E-state index contributed by atoms with van der Waals surface area (Å²) >= 11 is 0. The standard InChI is InChI=1S/C37H52N6O9S/c1-11-21-18-37(21,33(46)42-53(48,49)24-13-14-24)41-30(44)27-17-23(19-43(27)32(45)29(35(4,5)6)40-34(47)52-36(7,8)9)51-31-28(20(2)3)38-25-15-12-22(50-10)16-26(25)39-31/h11-12,15-16,20-21,23-24,27,29H,1,13-14,17-19H2,2-10H3,(H,40,47)(H,41,44)(H,42,46)/t21-,23-,27+,29-,37-/m1/s1. The van der Waals surface area contributed by atoms with Gasteiger partial charge in [-0.25, -0.2) is 23.2 Å². The highest BCUT2D eigenvalue weighted by molar-refractivity contribution is 7.91. The lowest BCUT2D eigenvalue weighted by molar-refractivity contribution is -0.143. The van der Waals surface area contributed by atoms with Crippen molar-refractivity contribution in [1.29, 1.82) is 0 Å². The van der Waals surface area contributed by atoms with E-state index < -0.39 is 79.7 Å². The van der Waals surface area contributed by atoms with Gasteiger partial charge in [-0.05, 0) is 57.6 Å². The maximum absolute atomic E-state index is 14.5. The molecule has 1 aromatic heterocycles. The van der Waals surface area contributed by atoms with Crippen LogP contribution >= 0.6 is 0 Å². The van der Waals surface area contributed by atoms with Crippen molar-refractivity contribution < 1.29 is 41.8 Å². The monoisotopic (exact) mass is 756 g/mol. The number of rotatable bonds is 12. The second-order valence-corrected chi connectivity index (χ2v) is 18.5. The molecule has 0 unspecified atom stereocenters. The number of alkyl carbamates (subject to hydrolysis) is 1. The predicted molar refractivity (Wildman–Crippen MR) is 197 cm³/mol. The van der Waals surface area contributed by atoms with E-state index in [1.807, 2.05) is 13.8 Å². The second kappa shape index (κ2) is 14.4. The molecule has 16 heteroatoms. The first-order chi connectivity index (χ1) is 24.6. The largest absolute Gasteiger partial charge is 0.497 e. The maximum Gasteiger partial charge on any atom is 0.408 e.